The minimum Gasteiger partial charge on any atom is -0.391 e. The van der Waals surface area contributed by atoms with Gasteiger partial charge < -0.3 is 5.11 Å². The zero-order valence-corrected chi connectivity index (χ0v) is 8.13. The molecule has 0 saturated heterocycles. The molecule has 0 aliphatic carbocycles. The van der Waals surface area contributed by atoms with E-state index in [9.17, 15) is 39.5 Å². The van der Waals surface area contributed by atoms with E-state index < -0.39 is 36.5 Å². The normalized spacial score (nSPS) is 17.1. The van der Waals surface area contributed by atoms with Gasteiger partial charge in [-0.3, -0.25) is 0 Å². The summed E-state index contributed by atoms with van der Waals surface area (Å²) in [5.74, 6) is 0. The van der Waals surface area contributed by atoms with Gasteiger partial charge in [-0.25, -0.2) is 0 Å². The Hall–Kier alpha value is -0.670. The van der Waals surface area contributed by atoms with Crippen LogP contribution in [-0.4, -0.2) is 29.7 Å². The molecule has 1 N–H and O–H groups in total. The number of aliphatic hydroxyl groups excluding tert-OH is 1. The third-order valence-electron chi connectivity index (χ3n) is 2.23. The highest BCUT2D eigenvalue weighted by atomic mass is 19.4. The van der Waals surface area contributed by atoms with Crippen LogP contribution in [0.1, 0.15) is 13.3 Å². The lowest BCUT2D eigenvalue weighted by Gasteiger charge is -2.41. The van der Waals surface area contributed by atoms with E-state index in [1.807, 2.05) is 0 Å². The van der Waals surface area contributed by atoms with Crippen molar-refractivity contribution in [2.45, 2.75) is 38.0 Å². The van der Waals surface area contributed by atoms with Crippen LogP contribution < -0.4 is 0 Å². The molecule has 0 radical (unpaired) electrons. The molecule has 0 rings (SSSR count). The zero-order chi connectivity index (χ0) is 14.3. The molecular weight excluding hydrogens is 271 g/mol. The summed E-state index contributed by atoms with van der Waals surface area (Å²) < 4.78 is 110. The Morgan fingerprint density at radius 3 is 1.06 bits per heavy atom. The predicted molar refractivity (Wildman–Crippen MR) is 36.9 cm³/mol. The first-order valence-corrected chi connectivity index (χ1v) is 4.11. The summed E-state index contributed by atoms with van der Waals surface area (Å²) in [6.07, 6.45) is -25.1. The van der Waals surface area contributed by atoms with Gasteiger partial charge >= 0.3 is 18.5 Å². The molecule has 17 heavy (non-hydrogen) atoms. The van der Waals surface area contributed by atoms with Gasteiger partial charge in [-0.1, -0.05) is 6.92 Å². The number of hydrogen-bond donors (Lipinski definition) is 1. The van der Waals surface area contributed by atoms with Gasteiger partial charge in [0.05, 0.1) is 6.10 Å². The number of aliphatic hydroxyl groups is 1. The lowest BCUT2D eigenvalue weighted by Crippen LogP contribution is -2.65. The maximum Gasteiger partial charge on any atom is 0.414 e. The van der Waals surface area contributed by atoms with Crippen molar-refractivity contribution >= 4 is 0 Å². The lowest BCUT2D eigenvalue weighted by molar-refractivity contribution is -0.447. The first-order valence-electron chi connectivity index (χ1n) is 4.11. The summed E-state index contributed by atoms with van der Waals surface area (Å²) in [7, 11) is 0. The van der Waals surface area contributed by atoms with E-state index in [0.29, 0.717) is 6.92 Å². The molecule has 0 aromatic carbocycles. The van der Waals surface area contributed by atoms with Gasteiger partial charge in [0.15, 0.2) is 0 Å². The summed E-state index contributed by atoms with van der Waals surface area (Å²) in [4.78, 5) is 0. The zero-order valence-electron chi connectivity index (χ0n) is 8.13. The molecule has 0 aliphatic heterocycles. The standard InChI is InChI=1S/C7H7F9O/c1-2-3(17)4(5(8,9)10,6(11,12)13)7(14,15)16/h3,17H,2H2,1H3. The first kappa shape index (κ1) is 16.3. The molecule has 0 bridgehead atoms. The molecule has 1 nitrogen and oxygen atoms in total. The highest BCUT2D eigenvalue weighted by molar-refractivity contribution is 5.03. The fourth-order valence-electron chi connectivity index (χ4n) is 1.36. The molecule has 0 saturated carbocycles. The average Bonchev–Trinajstić information content (AvgIpc) is 1.95. The third kappa shape index (κ3) is 2.31. The summed E-state index contributed by atoms with van der Waals surface area (Å²) in [5.41, 5.74) is -6.12. The van der Waals surface area contributed by atoms with Crippen molar-refractivity contribution in [3.63, 3.8) is 0 Å². The van der Waals surface area contributed by atoms with Crippen molar-refractivity contribution in [1.82, 2.24) is 0 Å². The molecule has 1 unspecified atom stereocenters. The van der Waals surface area contributed by atoms with E-state index in [-0.39, 0.29) is 0 Å². The number of alkyl halides is 9. The molecule has 0 aliphatic rings. The second-order valence-electron chi connectivity index (χ2n) is 3.23. The predicted octanol–water partition coefficient (Wildman–Crippen LogP) is 3.43. The van der Waals surface area contributed by atoms with Gasteiger partial charge in [0.1, 0.15) is 0 Å². The SMILES string of the molecule is CCC(O)C(C(F)(F)F)(C(F)(F)F)C(F)(F)F. The number of halogens is 9. The van der Waals surface area contributed by atoms with E-state index in [1.54, 1.807) is 0 Å². The topological polar surface area (TPSA) is 20.2 Å². The van der Waals surface area contributed by atoms with Gasteiger partial charge in [-0.15, -0.1) is 0 Å². The van der Waals surface area contributed by atoms with Crippen molar-refractivity contribution in [2.24, 2.45) is 5.41 Å². The number of rotatable bonds is 2. The second kappa shape index (κ2) is 4.21. The van der Waals surface area contributed by atoms with Gasteiger partial charge in [-0.05, 0) is 6.42 Å². The molecule has 10 heteroatoms. The number of hydrogen-bond acceptors (Lipinski definition) is 1. The second-order valence-corrected chi connectivity index (χ2v) is 3.23. The quantitative estimate of drug-likeness (QED) is 0.767. The van der Waals surface area contributed by atoms with Crippen LogP contribution in [0.15, 0.2) is 0 Å². The van der Waals surface area contributed by atoms with E-state index >= 15 is 0 Å². The van der Waals surface area contributed by atoms with Crippen LogP contribution in [0, 0.1) is 5.41 Å². The summed E-state index contributed by atoms with van der Waals surface area (Å²) in [5, 5.41) is 8.62. The molecule has 1 atom stereocenters. The fraction of sp³-hybridized carbons (Fsp3) is 1.00. The van der Waals surface area contributed by atoms with E-state index in [2.05, 4.69) is 0 Å². The van der Waals surface area contributed by atoms with Gasteiger partial charge in [0.25, 0.3) is 5.41 Å². The monoisotopic (exact) mass is 278 g/mol. The Labute approximate surface area is 89.2 Å². The average molecular weight is 278 g/mol. The Bertz CT molecular complexity index is 224. The van der Waals surface area contributed by atoms with Crippen LogP contribution in [0.25, 0.3) is 0 Å². The van der Waals surface area contributed by atoms with Crippen LogP contribution in [0.2, 0.25) is 0 Å². The third-order valence-corrected chi connectivity index (χ3v) is 2.23. The summed E-state index contributed by atoms with van der Waals surface area (Å²) in [6, 6.07) is 0. The molecule has 0 amide bonds. The van der Waals surface area contributed by atoms with Gasteiger partial charge in [-0.2, -0.15) is 39.5 Å². The van der Waals surface area contributed by atoms with Crippen LogP contribution in [0.5, 0.6) is 0 Å². The van der Waals surface area contributed by atoms with Gasteiger partial charge in [0.2, 0.25) is 0 Å². The molecule has 0 aromatic rings. The van der Waals surface area contributed by atoms with Crippen molar-refractivity contribution in [3.8, 4) is 0 Å². The maximum absolute atomic E-state index is 12.2. The summed E-state index contributed by atoms with van der Waals surface area (Å²) >= 11 is 0. The first-order chi connectivity index (χ1) is 7.23. The fourth-order valence-corrected chi connectivity index (χ4v) is 1.36. The maximum atomic E-state index is 12.2. The van der Waals surface area contributed by atoms with Crippen LogP contribution in [-0.2, 0) is 0 Å². The Kier molecular flexibility index (Phi) is 4.05. The molecule has 0 spiro atoms. The lowest BCUT2D eigenvalue weighted by atomic mass is 9.78. The largest absolute Gasteiger partial charge is 0.414 e. The Morgan fingerprint density at radius 2 is 1.00 bits per heavy atom. The highest BCUT2D eigenvalue weighted by Crippen LogP contribution is 2.61. The molecule has 0 fully saturated rings. The van der Waals surface area contributed by atoms with Crippen molar-refractivity contribution < 1.29 is 44.6 Å². The van der Waals surface area contributed by atoms with Crippen LogP contribution in [0.4, 0.5) is 39.5 Å². The van der Waals surface area contributed by atoms with Crippen molar-refractivity contribution in [3.05, 3.63) is 0 Å². The molecule has 0 heterocycles. The van der Waals surface area contributed by atoms with E-state index in [0.717, 1.165) is 0 Å². The highest BCUT2D eigenvalue weighted by Gasteiger charge is 2.86. The smallest absolute Gasteiger partial charge is 0.391 e. The molecule has 0 aromatic heterocycles. The Balaban J connectivity index is 6.13. The molecule has 104 valence electrons. The minimum atomic E-state index is -6.70. The summed E-state index contributed by atoms with van der Waals surface area (Å²) in [6.45, 7) is 0.586. The van der Waals surface area contributed by atoms with Gasteiger partial charge in [0, 0.05) is 0 Å². The van der Waals surface area contributed by atoms with Crippen molar-refractivity contribution in [2.75, 3.05) is 0 Å². The minimum absolute atomic E-state index is 0.586. The van der Waals surface area contributed by atoms with E-state index in [4.69, 9.17) is 5.11 Å². The van der Waals surface area contributed by atoms with Crippen LogP contribution >= 0.6 is 0 Å². The van der Waals surface area contributed by atoms with Crippen LogP contribution in [0.3, 0.4) is 0 Å². The Morgan fingerprint density at radius 1 is 0.765 bits per heavy atom. The van der Waals surface area contributed by atoms with Crippen molar-refractivity contribution in [1.29, 1.82) is 0 Å². The van der Waals surface area contributed by atoms with E-state index in [1.165, 1.54) is 0 Å². The molecular formula is C7H7F9O.